The highest BCUT2D eigenvalue weighted by Crippen LogP contribution is 2.66. The van der Waals surface area contributed by atoms with Crippen molar-refractivity contribution in [2.24, 2.45) is 0 Å². The summed E-state index contributed by atoms with van der Waals surface area (Å²) >= 11 is 0. The molecule has 29 heavy (non-hydrogen) atoms. The smallest absolute Gasteiger partial charge is 0.387 e. The van der Waals surface area contributed by atoms with E-state index in [0.717, 1.165) is 16.8 Å². The summed E-state index contributed by atoms with van der Waals surface area (Å²) in [5, 5.41) is 20.0. The van der Waals surface area contributed by atoms with Gasteiger partial charge >= 0.3 is 23.5 Å². The van der Waals surface area contributed by atoms with E-state index >= 15 is 0 Å². The lowest BCUT2D eigenvalue weighted by molar-refractivity contribution is -0.0515. The topological polar surface area (TPSA) is 270 Å². The second-order valence-electron chi connectivity index (χ2n) is 5.46. The van der Waals surface area contributed by atoms with Crippen LogP contribution in [0.5, 0.6) is 0 Å². The summed E-state index contributed by atoms with van der Waals surface area (Å²) in [6.07, 6.45) is -5.15. The first kappa shape index (κ1) is 24.2. The monoisotopic (exact) mass is 483 g/mol. The second kappa shape index (κ2) is 8.61. The molecule has 1 aliphatic rings. The third kappa shape index (κ3) is 6.73. The quantitative estimate of drug-likeness (QED) is 0.193. The van der Waals surface area contributed by atoms with Gasteiger partial charge in [-0.2, -0.15) is 13.6 Å². The summed E-state index contributed by atoms with van der Waals surface area (Å²) in [5.74, 6) is -0.373. The van der Waals surface area contributed by atoms with Gasteiger partial charge in [0.15, 0.2) is 6.23 Å². The normalized spacial score (nSPS) is 29.3. The van der Waals surface area contributed by atoms with Gasteiger partial charge in [-0.05, 0) is 0 Å². The molecule has 0 amide bonds. The Labute approximate surface area is 160 Å². The van der Waals surface area contributed by atoms with Crippen molar-refractivity contribution in [2.75, 3.05) is 12.3 Å². The van der Waals surface area contributed by atoms with Crippen molar-refractivity contribution in [3.05, 3.63) is 22.6 Å². The summed E-state index contributed by atoms with van der Waals surface area (Å²) in [5.41, 5.74) is 4.84. The number of aliphatic hydroxyl groups excluding tert-OH is 2. The highest BCUT2D eigenvalue weighted by molar-refractivity contribution is 7.66. The lowest BCUT2D eigenvalue weighted by Gasteiger charge is -2.20. The molecule has 1 saturated heterocycles. The van der Waals surface area contributed by atoms with Gasteiger partial charge in [-0.25, -0.2) is 13.7 Å². The zero-order valence-electron chi connectivity index (χ0n) is 13.9. The van der Waals surface area contributed by atoms with Gasteiger partial charge in [-0.3, -0.25) is 13.9 Å². The molecule has 0 spiro atoms. The zero-order chi connectivity index (χ0) is 22.2. The molecule has 1 aromatic rings. The third-order valence-electron chi connectivity index (χ3n) is 3.30. The highest BCUT2D eigenvalue weighted by Gasteiger charge is 2.46. The number of nitrogen functional groups attached to an aromatic ring is 1. The first-order chi connectivity index (χ1) is 13.1. The van der Waals surface area contributed by atoms with Crippen LogP contribution in [0.3, 0.4) is 0 Å². The molecule has 1 fully saturated rings. The van der Waals surface area contributed by atoms with Gasteiger partial charge in [0.25, 0.3) is 5.56 Å². The standard InChI is InChI=1S/C9H16N3O14P3/c10-9-11-5(13)1-2-12(9)8-7(15)6(14)4(24-8)3-23-28(19,20)26-29(21,22)25-27(16,17)18/h1-2,4,6-8,14-15H,3H2,(H,19,20)(H,21,22)(H2,10,11,13)(H2,16,17,18)/t4-,6-,7-,8-/m1/s1. The fourth-order valence-electron chi connectivity index (χ4n) is 2.21. The molecular weight excluding hydrogens is 467 g/mol. The molecule has 1 aromatic heterocycles. The van der Waals surface area contributed by atoms with E-state index in [1.54, 1.807) is 0 Å². The van der Waals surface area contributed by atoms with E-state index in [1.807, 2.05) is 0 Å². The predicted octanol–water partition coefficient (Wildman–Crippen LogP) is -2.21. The van der Waals surface area contributed by atoms with E-state index in [9.17, 15) is 33.6 Å². The Bertz CT molecular complexity index is 946. The maximum atomic E-state index is 11.7. The molecule has 0 aliphatic carbocycles. The minimum absolute atomic E-state index is 0.373. The number of aromatic nitrogens is 2. The van der Waals surface area contributed by atoms with Crippen LogP contribution in [-0.4, -0.2) is 64.3 Å². The Morgan fingerprint density at radius 1 is 1.10 bits per heavy atom. The van der Waals surface area contributed by atoms with E-state index in [1.165, 1.54) is 0 Å². The van der Waals surface area contributed by atoms with Gasteiger partial charge in [0.05, 0.1) is 6.61 Å². The molecular formula is C9H16N3O14P3. The summed E-state index contributed by atoms with van der Waals surface area (Å²) in [6, 6.07) is 0.984. The fourth-order valence-corrected chi connectivity index (χ4v) is 5.24. The predicted molar refractivity (Wildman–Crippen MR) is 88.6 cm³/mol. The number of aliphatic hydroxyl groups is 2. The summed E-state index contributed by atoms with van der Waals surface area (Å²) in [7, 11) is -16.7. The Morgan fingerprint density at radius 3 is 2.28 bits per heavy atom. The number of phosphoric ester groups is 1. The van der Waals surface area contributed by atoms with Gasteiger partial charge in [0.1, 0.15) is 18.3 Å². The number of nitrogens with two attached hydrogens (primary N) is 1. The molecule has 17 nitrogen and oxygen atoms in total. The zero-order valence-corrected chi connectivity index (χ0v) is 16.6. The number of phosphoric acid groups is 3. The average Bonchev–Trinajstić information content (AvgIpc) is 2.78. The van der Waals surface area contributed by atoms with Gasteiger partial charge < -0.3 is 40.3 Å². The highest BCUT2D eigenvalue weighted by atomic mass is 31.3. The Hall–Kier alpha value is -1.03. The lowest BCUT2D eigenvalue weighted by atomic mass is 10.1. The number of rotatable bonds is 8. The van der Waals surface area contributed by atoms with Crippen LogP contribution in [0, 0.1) is 0 Å². The van der Waals surface area contributed by atoms with E-state index in [2.05, 4.69) is 18.1 Å². The lowest BCUT2D eigenvalue weighted by Crippen LogP contribution is -2.34. The van der Waals surface area contributed by atoms with Crippen molar-refractivity contribution >= 4 is 29.4 Å². The summed E-state index contributed by atoms with van der Waals surface area (Å²) in [6.45, 7) is -0.994. The first-order valence-corrected chi connectivity index (χ1v) is 11.8. The maximum Gasteiger partial charge on any atom is 0.490 e. The van der Waals surface area contributed by atoms with Gasteiger partial charge in [0.2, 0.25) is 5.95 Å². The van der Waals surface area contributed by atoms with Crippen molar-refractivity contribution in [1.29, 1.82) is 0 Å². The van der Waals surface area contributed by atoms with Crippen LogP contribution >= 0.6 is 23.5 Å². The molecule has 0 bridgehead atoms. The molecule has 2 rings (SSSR count). The molecule has 1 aliphatic heterocycles. The first-order valence-electron chi connectivity index (χ1n) is 7.25. The average molecular weight is 483 g/mol. The molecule has 8 N–H and O–H groups in total. The molecule has 0 radical (unpaired) electrons. The molecule has 2 unspecified atom stereocenters. The van der Waals surface area contributed by atoms with Crippen LogP contribution < -0.4 is 11.3 Å². The van der Waals surface area contributed by atoms with E-state index in [4.69, 9.17) is 25.2 Å². The second-order valence-corrected chi connectivity index (χ2v) is 9.88. The minimum Gasteiger partial charge on any atom is -0.387 e. The molecule has 166 valence electrons. The molecule has 20 heteroatoms. The number of hydrogen-bond acceptors (Lipinski definition) is 12. The minimum atomic E-state index is -5.71. The molecule has 0 saturated carbocycles. The van der Waals surface area contributed by atoms with Crippen LogP contribution in [0.1, 0.15) is 6.23 Å². The molecule has 6 atom stereocenters. The van der Waals surface area contributed by atoms with Crippen LogP contribution in [0.2, 0.25) is 0 Å². The largest absolute Gasteiger partial charge is 0.490 e. The maximum absolute atomic E-state index is 11.7. The number of anilines is 1. The number of hydrogen-bond donors (Lipinski definition) is 7. The van der Waals surface area contributed by atoms with E-state index < -0.39 is 60.2 Å². The fraction of sp³-hybridized carbons (Fsp3) is 0.556. The SMILES string of the molecule is Nc1nc(=O)ccn1[C@@H]1O[C@H](COP(=O)(O)OP(=O)(O)OP(=O)(O)O)[C@@H](O)[C@H]1O. The van der Waals surface area contributed by atoms with Gasteiger partial charge in [-0.1, -0.05) is 0 Å². The number of nitrogens with zero attached hydrogens (tertiary/aromatic N) is 2. The van der Waals surface area contributed by atoms with E-state index in [-0.39, 0.29) is 5.95 Å². The van der Waals surface area contributed by atoms with Crippen molar-refractivity contribution < 1.29 is 61.4 Å². The van der Waals surface area contributed by atoms with Crippen molar-refractivity contribution in [3.63, 3.8) is 0 Å². The van der Waals surface area contributed by atoms with Crippen LogP contribution in [0.4, 0.5) is 5.95 Å². The molecule has 0 aromatic carbocycles. The summed E-state index contributed by atoms with van der Waals surface area (Å²) in [4.78, 5) is 49.9. The summed E-state index contributed by atoms with van der Waals surface area (Å²) < 4.78 is 51.1. The van der Waals surface area contributed by atoms with Crippen molar-refractivity contribution in [3.8, 4) is 0 Å². The van der Waals surface area contributed by atoms with Crippen molar-refractivity contribution in [1.82, 2.24) is 9.55 Å². The van der Waals surface area contributed by atoms with Gasteiger partial charge in [-0.15, -0.1) is 0 Å². The number of ether oxygens (including phenoxy) is 1. The van der Waals surface area contributed by atoms with Crippen LogP contribution in [-0.2, 0) is 31.6 Å². The Kier molecular flexibility index (Phi) is 7.20. The Balaban J connectivity index is 2.05. The van der Waals surface area contributed by atoms with Gasteiger partial charge in [0, 0.05) is 12.3 Å². The van der Waals surface area contributed by atoms with Crippen molar-refractivity contribution in [2.45, 2.75) is 24.5 Å². The third-order valence-corrected chi connectivity index (χ3v) is 7.10. The molecule has 2 heterocycles. The van der Waals surface area contributed by atoms with Crippen LogP contribution in [0.25, 0.3) is 0 Å². The van der Waals surface area contributed by atoms with E-state index in [0.29, 0.717) is 0 Å². The Morgan fingerprint density at radius 2 is 1.72 bits per heavy atom. The van der Waals surface area contributed by atoms with Crippen LogP contribution in [0.15, 0.2) is 17.1 Å².